The van der Waals surface area contributed by atoms with E-state index in [-0.39, 0.29) is 5.91 Å². The Balaban J connectivity index is 1.25. The van der Waals surface area contributed by atoms with E-state index in [1.807, 2.05) is 24.3 Å². The third-order valence-corrected chi connectivity index (χ3v) is 6.28. The van der Waals surface area contributed by atoms with E-state index in [2.05, 4.69) is 69.7 Å². The largest absolute Gasteiger partial charge is 0.497 e. The van der Waals surface area contributed by atoms with E-state index in [0.29, 0.717) is 13.0 Å². The molecular formula is C28H33N3O2. The normalized spacial score (nSPS) is 14.2. The van der Waals surface area contributed by atoms with Crippen molar-refractivity contribution in [3.8, 4) is 5.75 Å². The van der Waals surface area contributed by atoms with E-state index >= 15 is 0 Å². The molecule has 1 heterocycles. The number of carbonyl (C=O) groups excluding carboxylic acids is 1. The predicted octanol–water partition coefficient (Wildman–Crippen LogP) is 4.27. The first-order chi connectivity index (χ1) is 16.2. The highest BCUT2D eigenvalue weighted by molar-refractivity contribution is 5.76. The number of anilines is 1. The molecule has 172 valence electrons. The summed E-state index contributed by atoms with van der Waals surface area (Å²) in [6.07, 6.45) is 1.21. The van der Waals surface area contributed by atoms with Gasteiger partial charge < -0.3 is 15.0 Å². The van der Waals surface area contributed by atoms with E-state index in [1.54, 1.807) is 7.11 Å². The van der Waals surface area contributed by atoms with Gasteiger partial charge in [-0.2, -0.15) is 0 Å². The molecule has 3 aromatic carbocycles. The minimum Gasteiger partial charge on any atom is -0.497 e. The van der Waals surface area contributed by atoms with E-state index in [0.717, 1.165) is 50.5 Å². The Labute approximate surface area is 197 Å². The Hall–Kier alpha value is -3.31. The van der Waals surface area contributed by atoms with Gasteiger partial charge in [-0.15, -0.1) is 0 Å². The molecule has 1 aliphatic rings. The second-order valence-electron chi connectivity index (χ2n) is 8.49. The Kier molecular flexibility index (Phi) is 7.99. The minimum absolute atomic E-state index is 0.0806. The number of nitrogens with one attached hydrogen (secondary N) is 1. The Morgan fingerprint density at radius 3 is 2.21 bits per heavy atom. The third kappa shape index (κ3) is 6.59. The lowest BCUT2D eigenvalue weighted by molar-refractivity contribution is -0.121. The van der Waals surface area contributed by atoms with Crippen LogP contribution in [-0.4, -0.2) is 44.1 Å². The first-order valence-electron chi connectivity index (χ1n) is 11.7. The highest BCUT2D eigenvalue weighted by Gasteiger charge is 2.18. The molecule has 1 amide bonds. The monoisotopic (exact) mass is 443 g/mol. The van der Waals surface area contributed by atoms with Crippen LogP contribution in [0.2, 0.25) is 0 Å². The van der Waals surface area contributed by atoms with Crippen LogP contribution in [-0.2, 0) is 24.3 Å². The Morgan fingerprint density at radius 2 is 1.52 bits per heavy atom. The Morgan fingerprint density at radius 1 is 0.848 bits per heavy atom. The topological polar surface area (TPSA) is 44.8 Å². The van der Waals surface area contributed by atoms with Crippen molar-refractivity contribution in [3.63, 3.8) is 0 Å². The lowest BCUT2D eigenvalue weighted by atomic mass is 10.1. The number of para-hydroxylation sites is 1. The van der Waals surface area contributed by atoms with E-state index < -0.39 is 0 Å². The Bertz CT molecular complexity index is 1010. The minimum atomic E-state index is 0.0806. The van der Waals surface area contributed by atoms with Gasteiger partial charge in [0, 0.05) is 51.4 Å². The SMILES string of the molecule is COc1ccc(CCC(=O)NCc2ccccc2CN2CCN(c3ccccc3)CC2)cc1. The summed E-state index contributed by atoms with van der Waals surface area (Å²) in [6.45, 7) is 5.64. The zero-order valence-electron chi connectivity index (χ0n) is 19.4. The summed E-state index contributed by atoms with van der Waals surface area (Å²) in [5.74, 6) is 0.915. The summed E-state index contributed by atoms with van der Waals surface area (Å²) < 4.78 is 5.19. The molecule has 1 N–H and O–H groups in total. The summed E-state index contributed by atoms with van der Waals surface area (Å²) >= 11 is 0. The predicted molar refractivity (Wildman–Crippen MR) is 134 cm³/mol. The second-order valence-corrected chi connectivity index (χ2v) is 8.49. The zero-order chi connectivity index (χ0) is 22.9. The molecule has 3 aromatic rings. The van der Waals surface area contributed by atoms with Crippen LogP contribution in [0.15, 0.2) is 78.9 Å². The lowest BCUT2D eigenvalue weighted by Gasteiger charge is -2.36. The fraction of sp³-hybridized carbons (Fsp3) is 0.321. The number of carbonyl (C=O) groups is 1. The van der Waals surface area contributed by atoms with Gasteiger partial charge in [0.1, 0.15) is 5.75 Å². The van der Waals surface area contributed by atoms with Crippen LogP contribution in [0.1, 0.15) is 23.1 Å². The van der Waals surface area contributed by atoms with Gasteiger partial charge in [0.05, 0.1) is 7.11 Å². The number of hydrogen-bond acceptors (Lipinski definition) is 4. The summed E-state index contributed by atoms with van der Waals surface area (Å²) in [6, 6.07) is 27.0. The van der Waals surface area contributed by atoms with Gasteiger partial charge in [0.15, 0.2) is 0 Å². The molecule has 0 unspecified atom stereocenters. The molecule has 1 fully saturated rings. The van der Waals surface area contributed by atoms with Gasteiger partial charge >= 0.3 is 0 Å². The molecule has 33 heavy (non-hydrogen) atoms. The van der Waals surface area contributed by atoms with Gasteiger partial charge in [-0.1, -0.05) is 54.6 Å². The fourth-order valence-electron chi connectivity index (χ4n) is 4.26. The molecule has 0 spiro atoms. The standard InChI is InChI=1S/C28H33N3O2/c1-33-27-14-11-23(12-15-27)13-16-28(32)29-21-24-7-5-6-8-25(24)22-30-17-19-31(20-18-30)26-9-3-2-4-10-26/h2-12,14-15H,13,16-22H2,1H3,(H,29,32). The van der Waals surface area contributed by atoms with Crippen molar-refractivity contribution in [3.05, 3.63) is 95.6 Å². The number of aryl methyl sites for hydroxylation is 1. The number of benzene rings is 3. The maximum atomic E-state index is 12.4. The van der Waals surface area contributed by atoms with Crippen LogP contribution < -0.4 is 15.0 Å². The zero-order valence-corrected chi connectivity index (χ0v) is 19.4. The summed E-state index contributed by atoms with van der Waals surface area (Å²) in [7, 11) is 1.66. The molecule has 1 aliphatic heterocycles. The van der Waals surface area contributed by atoms with Crippen LogP contribution in [0, 0.1) is 0 Å². The lowest BCUT2D eigenvalue weighted by Crippen LogP contribution is -2.46. The van der Waals surface area contributed by atoms with Crippen molar-refractivity contribution in [2.75, 3.05) is 38.2 Å². The van der Waals surface area contributed by atoms with Gasteiger partial charge in [-0.25, -0.2) is 0 Å². The molecule has 0 aromatic heterocycles. The third-order valence-electron chi connectivity index (χ3n) is 6.28. The molecule has 0 bridgehead atoms. The van der Waals surface area contributed by atoms with Crippen molar-refractivity contribution in [1.29, 1.82) is 0 Å². The number of piperazine rings is 1. The number of ether oxygens (including phenoxy) is 1. The molecule has 4 rings (SSSR count). The average Bonchev–Trinajstić information content (AvgIpc) is 2.88. The van der Waals surface area contributed by atoms with Crippen LogP contribution in [0.5, 0.6) is 5.75 Å². The van der Waals surface area contributed by atoms with Crippen molar-refractivity contribution >= 4 is 11.6 Å². The summed E-state index contributed by atoms with van der Waals surface area (Å²) in [4.78, 5) is 17.4. The molecule has 0 saturated carbocycles. The maximum Gasteiger partial charge on any atom is 0.220 e. The van der Waals surface area contributed by atoms with Crippen molar-refractivity contribution in [2.45, 2.75) is 25.9 Å². The first kappa shape index (κ1) is 22.9. The number of rotatable bonds is 9. The second kappa shape index (κ2) is 11.5. The molecule has 0 radical (unpaired) electrons. The molecule has 0 aliphatic carbocycles. The molecule has 0 atom stereocenters. The van der Waals surface area contributed by atoms with Crippen molar-refractivity contribution in [1.82, 2.24) is 10.2 Å². The van der Waals surface area contributed by atoms with E-state index in [1.165, 1.54) is 16.8 Å². The summed E-state index contributed by atoms with van der Waals surface area (Å²) in [5, 5.41) is 3.11. The van der Waals surface area contributed by atoms with Crippen molar-refractivity contribution < 1.29 is 9.53 Å². The highest BCUT2D eigenvalue weighted by Crippen LogP contribution is 2.18. The van der Waals surface area contributed by atoms with Gasteiger partial charge in [0.2, 0.25) is 5.91 Å². The van der Waals surface area contributed by atoms with Gasteiger partial charge in [-0.3, -0.25) is 9.69 Å². The highest BCUT2D eigenvalue weighted by atomic mass is 16.5. The smallest absolute Gasteiger partial charge is 0.220 e. The fourth-order valence-corrected chi connectivity index (χ4v) is 4.26. The van der Waals surface area contributed by atoms with Crippen molar-refractivity contribution in [2.24, 2.45) is 0 Å². The molecule has 1 saturated heterocycles. The van der Waals surface area contributed by atoms with E-state index in [4.69, 9.17) is 4.74 Å². The number of nitrogens with zero attached hydrogens (tertiary/aromatic N) is 2. The van der Waals surface area contributed by atoms with Gasteiger partial charge in [-0.05, 0) is 47.4 Å². The van der Waals surface area contributed by atoms with Crippen LogP contribution >= 0.6 is 0 Å². The number of amides is 1. The van der Waals surface area contributed by atoms with Crippen LogP contribution in [0.3, 0.4) is 0 Å². The number of hydrogen-bond donors (Lipinski definition) is 1. The van der Waals surface area contributed by atoms with E-state index in [9.17, 15) is 4.79 Å². The maximum absolute atomic E-state index is 12.4. The van der Waals surface area contributed by atoms with Crippen LogP contribution in [0.25, 0.3) is 0 Å². The molecule has 5 heteroatoms. The van der Waals surface area contributed by atoms with Gasteiger partial charge in [0.25, 0.3) is 0 Å². The average molecular weight is 444 g/mol. The molecule has 5 nitrogen and oxygen atoms in total. The molecular weight excluding hydrogens is 410 g/mol. The number of methoxy groups -OCH3 is 1. The summed E-state index contributed by atoms with van der Waals surface area (Å²) in [5.41, 5.74) is 4.93. The van der Waals surface area contributed by atoms with Crippen LogP contribution in [0.4, 0.5) is 5.69 Å². The quantitative estimate of drug-likeness (QED) is 0.537. The first-order valence-corrected chi connectivity index (χ1v) is 11.7.